The summed E-state index contributed by atoms with van der Waals surface area (Å²) >= 11 is 7.31. The molecule has 0 saturated heterocycles. The molecule has 168 valence electrons. The van der Waals surface area contributed by atoms with Crippen LogP contribution in [-0.4, -0.2) is 26.5 Å². The number of aryl methyl sites for hydroxylation is 1. The van der Waals surface area contributed by atoms with E-state index in [2.05, 4.69) is 15.4 Å². The summed E-state index contributed by atoms with van der Waals surface area (Å²) in [6, 6.07) is 16.6. The Morgan fingerprint density at radius 3 is 2.64 bits per heavy atom. The number of carbonyl (C=O) groups excluding carboxylic acids is 2. The molecule has 2 aromatic heterocycles. The van der Waals surface area contributed by atoms with Crippen molar-refractivity contribution in [3.63, 3.8) is 0 Å². The number of fused-ring (bicyclic) bond motifs is 1. The number of esters is 1. The van der Waals surface area contributed by atoms with Crippen LogP contribution < -0.4 is 10.9 Å². The largest absolute Gasteiger partial charge is 0.458 e. The van der Waals surface area contributed by atoms with Gasteiger partial charge in [-0.3, -0.25) is 14.4 Å². The minimum atomic E-state index is -0.621. The summed E-state index contributed by atoms with van der Waals surface area (Å²) < 4.78 is 6.56. The van der Waals surface area contributed by atoms with Crippen LogP contribution in [0.4, 0.5) is 0 Å². The summed E-state index contributed by atoms with van der Waals surface area (Å²) in [6.45, 7) is 1.62. The van der Waals surface area contributed by atoms with Crippen LogP contribution in [0.5, 0.6) is 0 Å². The third-order valence-corrected chi connectivity index (χ3v) is 5.98. The van der Waals surface area contributed by atoms with Crippen LogP contribution >= 0.6 is 22.9 Å². The van der Waals surface area contributed by atoms with E-state index in [1.165, 1.54) is 21.9 Å². The van der Waals surface area contributed by atoms with Crippen molar-refractivity contribution in [1.29, 1.82) is 0 Å². The Morgan fingerprint density at radius 1 is 1.15 bits per heavy atom. The average molecular weight is 483 g/mol. The molecule has 0 bridgehead atoms. The first kappa shape index (κ1) is 22.6. The maximum absolute atomic E-state index is 12.8. The maximum atomic E-state index is 12.8. The zero-order chi connectivity index (χ0) is 23.4. The van der Waals surface area contributed by atoms with Gasteiger partial charge < -0.3 is 10.1 Å². The van der Waals surface area contributed by atoms with Gasteiger partial charge in [0.1, 0.15) is 6.61 Å². The summed E-state index contributed by atoms with van der Waals surface area (Å²) in [5, 5.41) is 7.78. The van der Waals surface area contributed by atoms with Crippen LogP contribution in [-0.2, 0) is 16.1 Å². The lowest BCUT2D eigenvalue weighted by molar-refractivity contribution is -0.145. The Bertz CT molecular complexity index is 1370. The molecule has 1 N–H and O–H groups in total. The summed E-state index contributed by atoms with van der Waals surface area (Å²) in [6.07, 6.45) is -0.0948. The van der Waals surface area contributed by atoms with Gasteiger partial charge in [-0.1, -0.05) is 65.4 Å². The molecular formula is C23H19ClN4O4S. The molecule has 0 aliphatic rings. The second-order valence-corrected chi connectivity index (χ2v) is 8.66. The average Bonchev–Trinajstić information content (AvgIpc) is 3.21. The van der Waals surface area contributed by atoms with Crippen LogP contribution in [0.3, 0.4) is 0 Å². The SMILES string of the molecule is Cc1cc(=O)n2nc(COC(=O)CC(NC(=O)c3ccccc3Cl)c3ccccc3)sc2n1. The van der Waals surface area contributed by atoms with Gasteiger partial charge >= 0.3 is 5.97 Å². The van der Waals surface area contributed by atoms with E-state index in [0.717, 1.165) is 5.56 Å². The molecule has 2 heterocycles. The summed E-state index contributed by atoms with van der Waals surface area (Å²) in [5.41, 5.74) is 1.36. The lowest BCUT2D eigenvalue weighted by atomic mass is 10.0. The van der Waals surface area contributed by atoms with Crippen molar-refractivity contribution in [2.45, 2.75) is 26.0 Å². The van der Waals surface area contributed by atoms with Crippen LogP contribution in [0.15, 0.2) is 65.5 Å². The Labute approximate surface area is 197 Å². The fourth-order valence-corrected chi connectivity index (χ4v) is 4.28. The molecule has 0 aliphatic heterocycles. The molecule has 1 unspecified atom stereocenters. The smallest absolute Gasteiger partial charge is 0.308 e. The lowest BCUT2D eigenvalue weighted by Crippen LogP contribution is -2.30. The standard InChI is InChI=1S/C23H19ClN4O4S/c1-14-11-20(29)28-23(25-14)33-19(27-28)13-32-21(30)12-18(15-7-3-2-4-8-15)26-22(31)16-9-5-6-10-17(16)24/h2-11,18H,12-13H2,1H3,(H,26,31). The van der Waals surface area contributed by atoms with Gasteiger partial charge in [0.2, 0.25) is 4.96 Å². The fourth-order valence-electron chi connectivity index (χ4n) is 3.21. The number of carbonyl (C=O) groups is 2. The van der Waals surface area contributed by atoms with Crippen LogP contribution in [0.2, 0.25) is 5.02 Å². The molecule has 0 spiro atoms. The monoisotopic (exact) mass is 482 g/mol. The first-order chi connectivity index (χ1) is 15.9. The topological polar surface area (TPSA) is 103 Å². The number of hydrogen-bond acceptors (Lipinski definition) is 7. The van der Waals surface area contributed by atoms with E-state index in [0.29, 0.717) is 26.2 Å². The van der Waals surface area contributed by atoms with Crippen LogP contribution in [0, 0.1) is 6.92 Å². The first-order valence-corrected chi connectivity index (χ1v) is 11.2. The highest BCUT2D eigenvalue weighted by Crippen LogP contribution is 2.21. The highest BCUT2D eigenvalue weighted by atomic mass is 35.5. The maximum Gasteiger partial charge on any atom is 0.308 e. The van der Waals surface area contributed by atoms with Crippen LogP contribution in [0.1, 0.15) is 39.1 Å². The van der Waals surface area contributed by atoms with E-state index in [-0.39, 0.29) is 18.6 Å². The van der Waals surface area contributed by atoms with Gasteiger partial charge in [-0.2, -0.15) is 9.61 Å². The van der Waals surface area contributed by atoms with Crippen molar-refractivity contribution >= 4 is 39.8 Å². The van der Waals surface area contributed by atoms with Gasteiger partial charge in [0, 0.05) is 11.8 Å². The third kappa shape index (κ3) is 5.44. The molecular weight excluding hydrogens is 464 g/mol. The molecule has 4 aromatic rings. The van der Waals surface area contributed by atoms with Gasteiger partial charge in [-0.05, 0) is 24.6 Å². The summed E-state index contributed by atoms with van der Waals surface area (Å²) in [7, 11) is 0. The second kappa shape index (κ2) is 9.93. The van der Waals surface area contributed by atoms with E-state index < -0.39 is 17.9 Å². The fraction of sp³-hybridized carbons (Fsp3) is 0.174. The number of halogens is 1. The minimum absolute atomic E-state index is 0.0948. The van der Waals surface area contributed by atoms with E-state index in [4.69, 9.17) is 16.3 Å². The highest BCUT2D eigenvalue weighted by Gasteiger charge is 2.21. The van der Waals surface area contributed by atoms with E-state index in [9.17, 15) is 14.4 Å². The second-order valence-electron chi connectivity index (χ2n) is 7.21. The quantitative estimate of drug-likeness (QED) is 0.403. The lowest BCUT2D eigenvalue weighted by Gasteiger charge is -2.19. The Kier molecular flexibility index (Phi) is 6.81. The number of hydrogen-bond donors (Lipinski definition) is 1. The third-order valence-electron chi connectivity index (χ3n) is 4.77. The molecule has 4 rings (SSSR count). The molecule has 2 aromatic carbocycles. The zero-order valence-electron chi connectivity index (χ0n) is 17.5. The van der Waals surface area contributed by atoms with Gasteiger partial charge in [0.15, 0.2) is 5.01 Å². The molecule has 8 nitrogen and oxygen atoms in total. The van der Waals surface area contributed by atoms with E-state index >= 15 is 0 Å². The van der Waals surface area contributed by atoms with Crippen molar-refractivity contribution in [2.75, 3.05) is 0 Å². The van der Waals surface area contributed by atoms with Gasteiger partial charge in [-0.15, -0.1) is 0 Å². The Balaban J connectivity index is 1.46. The predicted molar refractivity (Wildman–Crippen MR) is 124 cm³/mol. The molecule has 1 amide bonds. The summed E-state index contributed by atoms with van der Waals surface area (Å²) in [5.74, 6) is -0.923. The minimum Gasteiger partial charge on any atom is -0.458 e. The van der Waals surface area contributed by atoms with Crippen molar-refractivity contribution in [1.82, 2.24) is 19.9 Å². The number of benzene rings is 2. The van der Waals surface area contributed by atoms with Crippen molar-refractivity contribution in [3.05, 3.63) is 97.9 Å². The van der Waals surface area contributed by atoms with Crippen molar-refractivity contribution < 1.29 is 14.3 Å². The summed E-state index contributed by atoms with van der Waals surface area (Å²) in [4.78, 5) is 42.1. The van der Waals surface area contributed by atoms with Crippen molar-refractivity contribution in [3.8, 4) is 0 Å². The Morgan fingerprint density at radius 2 is 1.88 bits per heavy atom. The number of aromatic nitrogens is 3. The number of nitrogens with one attached hydrogen (secondary N) is 1. The van der Waals surface area contributed by atoms with Gasteiger partial charge in [0.05, 0.1) is 23.0 Å². The van der Waals surface area contributed by atoms with E-state index in [1.54, 1.807) is 31.2 Å². The molecule has 0 aliphatic carbocycles. The normalized spacial score (nSPS) is 11.8. The Hall–Kier alpha value is -3.56. The van der Waals surface area contributed by atoms with E-state index in [1.807, 2.05) is 30.3 Å². The van der Waals surface area contributed by atoms with Crippen molar-refractivity contribution in [2.24, 2.45) is 0 Å². The number of rotatable bonds is 7. The molecule has 0 saturated carbocycles. The van der Waals surface area contributed by atoms with Gasteiger partial charge in [0.25, 0.3) is 11.5 Å². The molecule has 10 heteroatoms. The molecule has 1 atom stereocenters. The molecule has 0 fully saturated rings. The predicted octanol–water partition coefficient (Wildman–Crippen LogP) is 3.72. The number of nitrogens with zero attached hydrogens (tertiary/aromatic N) is 3. The highest BCUT2D eigenvalue weighted by molar-refractivity contribution is 7.16. The zero-order valence-corrected chi connectivity index (χ0v) is 19.1. The molecule has 33 heavy (non-hydrogen) atoms. The molecule has 0 radical (unpaired) electrons. The number of amides is 1. The van der Waals surface area contributed by atoms with Gasteiger partial charge in [-0.25, -0.2) is 4.98 Å². The number of ether oxygens (including phenoxy) is 1. The van der Waals surface area contributed by atoms with Crippen LogP contribution in [0.25, 0.3) is 4.96 Å². The first-order valence-electron chi connectivity index (χ1n) is 10.0.